The highest BCUT2D eigenvalue weighted by Crippen LogP contribution is 2.32. The lowest BCUT2D eigenvalue weighted by Crippen LogP contribution is -2.02. The zero-order chi connectivity index (χ0) is 13.4. The lowest BCUT2D eigenvalue weighted by Gasteiger charge is -2.09. The molecule has 1 heterocycles. The summed E-state index contributed by atoms with van der Waals surface area (Å²) in [7, 11) is 0. The van der Waals surface area contributed by atoms with Crippen LogP contribution < -0.4 is 5.56 Å². The molecule has 2 nitrogen and oxygen atoms in total. The Bertz CT molecular complexity index is 820. The molecule has 19 heavy (non-hydrogen) atoms. The Morgan fingerprint density at radius 1 is 1.00 bits per heavy atom. The van der Waals surface area contributed by atoms with Crippen LogP contribution >= 0.6 is 11.6 Å². The molecule has 0 saturated heterocycles. The van der Waals surface area contributed by atoms with Crippen LogP contribution in [-0.2, 0) is 0 Å². The normalized spacial score (nSPS) is 10.8. The number of benzene rings is 2. The maximum atomic E-state index is 11.3. The minimum Gasteiger partial charge on any atom is -0.322 e. The topological polar surface area (TPSA) is 32.9 Å². The lowest BCUT2D eigenvalue weighted by atomic mass is 9.99. The Morgan fingerprint density at radius 2 is 1.79 bits per heavy atom. The number of nitrogens with one attached hydrogen (secondary N) is 1. The third-order valence-electron chi connectivity index (χ3n) is 3.25. The van der Waals surface area contributed by atoms with Crippen molar-refractivity contribution in [2.24, 2.45) is 0 Å². The number of aromatic amines is 1. The molecule has 3 aromatic rings. The van der Waals surface area contributed by atoms with E-state index in [1.807, 2.05) is 30.3 Å². The van der Waals surface area contributed by atoms with E-state index in [4.69, 9.17) is 11.6 Å². The molecular formula is C16H12ClNO. The molecule has 3 heteroatoms. The largest absolute Gasteiger partial charge is 0.322 e. The fourth-order valence-corrected chi connectivity index (χ4v) is 2.52. The first-order valence-electron chi connectivity index (χ1n) is 6.04. The van der Waals surface area contributed by atoms with Gasteiger partial charge in [-0.25, -0.2) is 0 Å². The molecule has 2 aromatic carbocycles. The maximum Gasteiger partial charge on any atom is 0.248 e. The van der Waals surface area contributed by atoms with Gasteiger partial charge in [0.1, 0.15) is 0 Å². The van der Waals surface area contributed by atoms with E-state index in [1.54, 1.807) is 6.07 Å². The summed E-state index contributed by atoms with van der Waals surface area (Å²) in [5.74, 6) is 0. The molecule has 0 aliphatic carbocycles. The van der Waals surface area contributed by atoms with E-state index in [2.05, 4.69) is 18.0 Å². The summed E-state index contributed by atoms with van der Waals surface area (Å²) >= 11 is 6.34. The number of H-pyrrole nitrogens is 1. The first-order chi connectivity index (χ1) is 9.15. The lowest BCUT2D eigenvalue weighted by molar-refractivity contribution is 1.31. The standard InChI is InChI=1S/C16H12ClNO/c1-10-4-2-3-5-12(10)13-8-11-6-7-16(19)18-15(11)9-14(13)17/h2-9H,1H3,(H,18,19). The Hall–Kier alpha value is -2.06. The summed E-state index contributed by atoms with van der Waals surface area (Å²) in [5.41, 5.74) is 3.91. The second-order valence-corrected chi connectivity index (χ2v) is 4.96. The second-order valence-electron chi connectivity index (χ2n) is 4.56. The minimum absolute atomic E-state index is 0.118. The van der Waals surface area contributed by atoms with Crippen LogP contribution in [0.3, 0.4) is 0 Å². The van der Waals surface area contributed by atoms with E-state index in [9.17, 15) is 4.79 Å². The van der Waals surface area contributed by atoms with Crippen molar-refractivity contribution >= 4 is 22.5 Å². The first-order valence-corrected chi connectivity index (χ1v) is 6.41. The Labute approximate surface area is 115 Å². The predicted molar refractivity (Wildman–Crippen MR) is 79.8 cm³/mol. The summed E-state index contributed by atoms with van der Waals surface area (Å²) in [6, 6.07) is 15.3. The molecule has 0 bridgehead atoms. The third kappa shape index (κ3) is 2.15. The van der Waals surface area contributed by atoms with E-state index in [0.29, 0.717) is 5.02 Å². The van der Waals surface area contributed by atoms with Crippen LogP contribution in [-0.4, -0.2) is 4.98 Å². The number of pyridine rings is 1. The van der Waals surface area contributed by atoms with Gasteiger partial charge in [0, 0.05) is 17.1 Å². The molecule has 94 valence electrons. The maximum absolute atomic E-state index is 11.3. The molecule has 0 unspecified atom stereocenters. The van der Waals surface area contributed by atoms with Crippen LogP contribution in [0, 0.1) is 6.92 Å². The van der Waals surface area contributed by atoms with E-state index in [0.717, 1.165) is 22.0 Å². The van der Waals surface area contributed by atoms with Gasteiger partial charge in [-0.1, -0.05) is 35.9 Å². The quantitative estimate of drug-likeness (QED) is 0.707. The molecule has 0 fully saturated rings. The van der Waals surface area contributed by atoms with Gasteiger partial charge in [-0.2, -0.15) is 0 Å². The summed E-state index contributed by atoms with van der Waals surface area (Å²) < 4.78 is 0. The highest BCUT2D eigenvalue weighted by Gasteiger charge is 2.08. The molecule has 0 aliphatic heterocycles. The average molecular weight is 270 g/mol. The highest BCUT2D eigenvalue weighted by atomic mass is 35.5. The van der Waals surface area contributed by atoms with Crippen molar-refractivity contribution < 1.29 is 0 Å². The van der Waals surface area contributed by atoms with E-state index >= 15 is 0 Å². The van der Waals surface area contributed by atoms with Crippen molar-refractivity contribution in [3.8, 4) is 11.1 Å². The smallest absolute Gasteiger partial charge is 0.248 e. The molecule has 0 saturated carbocycles. The summed E-state index contributed by atoms with van der Waals surface area (Å²) in [6.45, 7) is 2.06. The second kappa shape index (κ2) is 4.56. The number of rotatable bonds is 1. The van der Waals surface area contributed by atoms with Crippen LogP contribution in [0.15, 0.2) is 53.3 Å². The molecular weight excluding hydrogens is 258 g/mol. The zero-order valence-electron chi connectivity index (χ0n) is 10.4. The fraction of sp³-hybridized carbons (Fsp3) is 0.0625. The minimum atomic E-state index is -0.118. The number of aromatic nitrogens is 1. The van der Waals surface area contributed by atoms with Crippen molar-refractivity contribution in [3.05, 3.63) is 69.5 Å². The third-order valence-corrected chi connectivity index (χ3v) is 3.56. The van der Waals surface area contributed by atoms with Crippen LogP contribution in [0.5, 0.6) is 0 Å². The first kappa shape index (κ1) is 12.0. The summed E-state index contributed by atoms with van der Waals surface area (Å²) in [6.07, 6.45) is 0. The van der Waals surface area contributed by atoms with Crippen molar-refractivity contribution in [1.29, 1.82) is 0 Å². The van der Waals surface area contributed by atoms with Crippen molar-refractivity contribution in [2.75, 3.05) is 0 Å². The predicted octanol–water partition coefficient (Wildman–Crippen LogP) is 4.16. The van der Waals surface area contributed by atoms with Gasteiger partial charge in [0.15, 0.2) is 0 Å². The van der Waals surface area contributed by atoms with Crippen molar-refractivity contribution in [1.82, 2.24) is 4.98 Å². The number of halogens is 1. The summed E-state index contributed by atoms with van der Waals surface area (Å²) in [4.78, 5) is 14.1. The monoisotopic (exact) mass is 269 g/mol. The van der Waals surface area contributed by atoms with E-state index in [-0.39, 0.29) is 5.56 Å². The molecule has 1 N–H and O–H groups in total. The van der Waals surface area contributed by atoms with Gasteiger partial charge in [-0.3, -0.25) is 4.79 Å². The van der Waals surface area contributed by atoms with Crippen molar-refractivity contribution in [3.63, 3.8) is 0 Å². The molecule has 1 aromatic heterocycles. The zero-order valence-corrected chi connectivity index (χ0v) is 11.2. The van der Waals surface area contributed by atoms with Crippen LogP contribution in [0.25, 0.3) is 22.0 Å². The number of fused-ring (bicyclic) bond motifs is 1. The molecule has 3 rings (SSSR count). The van der Waals surface area contributed by atoms with Crippen LogP contribution in [0.1, 0.15) is 5.56 Å². The van der Waals surface area contributed by atoms with Crippen LogP contribution in [0.4, 0.5) is 0 Å². The van der Waals surface area contributed by atoms with Gasteiger partial charge in [0.05, 0.1) is 5.02 Å². The number of aryl methyl sites for hydroxylation is 1. The molecule has 0 amide bonds. The molecule has 0 atom stereocenters. The van der Waals surface area contributed by atoms with Gasteiger partial charge in [-0.05, 0) is 41.6 Å². The van der Waals surface area contributed by atoms with Crippen molar-refractivity contribution in [2.45, 2.75) is 6.92 Å². The Morgan fingerprint density at radius 3 is 2.58 bits per heavy atom. The fourth-order valence-electron chi connectivity index (χ4n) is 2.26. The van der Waals surface area contributed by atoms with Gasteiger partial charge in [0.2, 0.25) is 5.56 Å². The van der Waals surface area contributed by atoms with Crippen LogP contribution in [0.2, 0.25) is 5.02 Å². The average Bonchev–Trinajstić information content (AvgIpc) is 2.39. The highest BCUT2D eigenvalue weighted by molar-refractivity contribution is 6.34. The van der Waals surface area contributed by atoms with Gasteiger partial charge in [-0.15, -0.1) is 0 Å². The van der Waals surface area contributed by atoms with Gasteiger partial charge >= 0.3 is 0 Å². The Balaban J connectivity index is 2.31. The SMILES string of the molecule is Cc1ccccc1-c1cc2ccc(=O)[nH]c2cc1Cl. The Kier molecular flexibility index (Phi) is 2.88. The van der Waals surface area contributed by atoms with E-state index < -0.39 is 0 Å². The summed E-state index contributed by atoms with van der Waals surface area (Å²) in [5, 5.41) is 1.62. The molecule has 0 spiro atoms. The number of hydrogen-bond donors (Lipinski definition) is 1. The molecule has 0 aliphatic rings. The number of hydrogen-bond acceptors (Lipinski definition) is 1. The van der Waals surface area contributed by atoms with Gasteiger partial charge < -0.3 is 4.98 Å². The van der Waals surface area contributed by atoms with Gasteiger partial charge in [0.25, 0.3) is 0 Å². The molecule has 0 radical (unpaired) electrons. The van der Waals surface area contributed by atoms with E-state index in [1.165, 1.54) is 11.6 Å².